The number of ketones is 1. The van der Waals surface area contributed by atoms with E-state index in [9.17, 15) is 23.6 Å². The maximum Gasteiger partial charge on any atom is 0.273 e. The molecule has 3 amide bonds. The minimum absolute atomic E-state index is 0.145. The van der Waals surface area contributed by atoms with Gasteiger partial charge in [-0.15, -0.1) is 0 Å². The van der Waals surface area contributed by atoms with Crippen LogP contribution in [0.1, 0.15) is 40.0 Å². The molecule has 0 N–H and O–H groups in total. The molecule has 2 aromatic carbocycles. The Morgan fingerprint density at radius 2 is 1.44 bits per heavy atom. The van der Waals surface area contributed by atoms with Crippen molar-refractivity contribution in [1.82, 2.24) is 10.0 Å². The first kappa shape index (κ1) is 20.8. The van der Waals surface area contributed by atoms with Crippen molar-refractivity contribution < 1.29 is 23.6 Å². The lowest BCUT2D eigenvalue weighted by atomic mass is 9.81. The topological polar surface area (TPSA) is 74.8 Å². The van der Waals surface area contributed by atoms with Gasteiger partial charge in [0.15, 0.2) is 5.78 Å². The van der Waals surface area contributed by atoms with E-state index in [0.29, 0.717) is 5.02 Å². The van der Waals surface area contributed by atoms with Gasteiger partial charge in [0.25, 0.3) is 17.7 Å². The summed E-state index contributed by atoms with van der Waals surface area (Å²) >= 11 is 5.92. The van der Waals surface area contributed by atoms with Gasteiger partial charge in [0.2, 0.25) is 0 Å². The number of carbonyl (C=O) groups excluding carboxylic acids is 4. The first-order valence-electron chi connectivity index (χ1n) is 10.6. The number of benzene rings is 2. The van der Waals surface area contributed by atoms with Crippen LogP contribution in [-0.4, -0.2) is 40.1 Å². The van der Waals surface area contributed by atoms with Gasteiger partial charge in [-0.1, -0.05) is 11.6 Å². The zero-order valence-electron chi connectivity index (χ0n) is 17.0. The first-order valence-corrected chi connectivity index (χ1v) is 11.0. The van der Waals surface area contributed by atoms with E-state index < -0.39 is 47.7 Å². The highest BCUT2D eigenvalue weighted by Crippen LogP contribution is 2.56. The molecule has 5 rings (SSSR count). The number of hydrazine groups is 1. The quantitative estimate of drug-likeness (QED) is 0.509. The Kier molecular flexibility index (Phi) is 5.08. The first-order chi connectivity index (χ1) is 15.3. The highest BCUT2D eigenvalue weighted by atomic mass is 35.5. The van der Waals surface area contributed by atoms with E-state index in [1.54, 1.807) is 0 Å². The number of hydrogen-bond donors (Lipinski definition) is 0. The number of nitrogens with zero attached hydrogens (tertiary/aromatic N) is 2. The summed E-state index contributed by atoms with van der Waals surface area (Å²) in [6, 6.07) is 10.9. The summed E-state index contributed by atoms with van der Waals surface area (Å²) in [5.74, 6) is -3.05. The van der Waals surface area contributed by atoms with Gasteiger partial charge in [-0.05, 0) is 79.6 Å². The molecule has 2 aromatic rings. The second-order valence-electron chi connectivity index (χ2n) is 8.67. The number of fused-ring (bicyclic) bond motifs is 5. The number of imide groups is 1. The van der Waals surface area contributed by atoms with Crippen molar-refractivity contribution in [2.45, 2.75) is 19.3 Å². The molecular formula is C24H20ClFN2O4. The Morgan fingerprint density at radius 1 is 0.906 bits per heavy atom. The zero-order chi connectivity index (χ0) is 22.6. The molecule has 32 heavy (non-hydrogen) atoms. The van der Waals surface area contributed by atoms with Gasteiger partial charge in [-0.3, -0.25) is 19.2 Å². The van der Waals surface area contributed by atoms with E-state index >= 15 is 0 Å². The molecule has 2 bridgehead atoms. The Morgan fingerprint density at radius 3 is 2.00 bits per heavy atom. The average molecular weight is 455 g/mol. The van der Waals surface area contributed by atoms with Crippen molar-refractivity contribution in [2.75, 3.05) is 6.54 Å². The number of rotatable bonds is 5. The molecule has 1 saturated heterocycles. The van der Waals surface area contributed by atoms with Crippen LogP contribution in [0.25, 0.3) is 0 Å². The van der Waals surface area contributed by atoms with E-state index in [-0.39, 0.29) is 23.0 Å². The van der Waals surface area contributed by atoms with E-state index in [0.717, 1.165) is 41.4 Å². The summed E-state index contributed by atoms with van der Waals surface area (Å²) in [5.41, 5.74) is 0.376. The summed E-state index contributed by atoms with van der Waals surface area (Å²) in [6.45, 7) is -0.515. The third kappa shape index (κ3) is 3.32. The summed E-state index contributed by atoms with van der Waals surface area (Å²) in [5, 5.41) is 2.25. The van der Waals surface area contributed by atoms with E-state index in [4.69, 9.17) is 11.6 Å². The van der Waals surface area contributed by atoms with Gasteiger partial charge in [-0.25, -0.2) is 9.40 Å². The van der Waals surface area contributed by atoms with Crippen LogP contribution in [0.4, 0.5) is 4.39 Å². The standard InChI is InChI=1S/C24H20ClFN2O4/c25-17-7-3-14(4-8-17)22(30)27(12-19(29)13-5-9-18(26)10-6-13)28-23(31)20-15-1-2-16(11-15)21(20)24(28)32/h3-10,15-16,20-21H,1-2,11-12H2/t15-,16-,20-,21+/m0/s1. The van der Waals surface area contributed by atoms with Gasteiger partial charge >= 0.3 is 0 Å². The Labute approximate surface area is 188 Å². The molecule has 3 aliphatic rings. The smallest absolute Gasteiger partial charge is 0.273 e. The molecule has 0 unspecified atom stereocenters. The van der Waals surface area contributed by atoms with E-state index in [1.165, 1.54) is 36.4 Å². The van der Waals surface area contributed by atoms with Crippen LogP contribution in [0, 0.1) is 29.5 Å². The maximum atomic E-state index is 13.4. The molecule has 3 fully saturated rings. The second kappa shape index (κ2) is 7.81. The normalized spacial score (nSPS) is 25.9. The average Bonchev–Trinajstić information content (AvgIpc) is 3.47. The van der Waals surface area contributed by atoms with Gasteiger partial charge in [0, 0.05) is 16.1 Å². The second-order valence-corrected chi connectivity index (χ2v) is 9.11. The van der Waals surface area contributed by atoms with Crippen LogP contribution in [0.2, 0.25) is 5.02 Å². The molecule has 0 spiro atoms. The lowest BCUT2D eigenvalue weighted by Crippen LogP contribution is -2.52. The third-order valence-electron chi connectivity index (χ3n) is 6.93. The van der Waals surface area contributed by atoms with Crippen LogP contribution < -0.4 is 0 Å². The monoisotopic (exact) mass is 454 g/mol. The highest BCUT2D eigenvalue weighted by Gasteiger charge is 2.62. The number of halogens is 2. The van der Waals surface area contributed by atoms with Gasteiger partial charge in [-0.2, -0.15) is 5.01 Å². The van der Waals surface area contributed by atoms with E-state index in [1.807, 2.05) is 0 Å². The van der Waals surface area contributed by atoms with Crippen molar-refractivity contribution in [2.24, 2.45) is 23.7 Å². The summed E-state index contributed by atoms with van der Waals surface area (Å²) in [4.78, 5) is 52.9. The summed E-state index contributed by atoms with van der Waals surface area (Å²) < 4.78 is 13.3. The SMILES string of the molecule is O=C(CN(C(=O)c1ccc(Cl)cc1)N1C(=O)[C@@H]2[C@H]3CC[C@@H](C3)[C@@H]2C1=O)c1ccc(F)cc1. The summed E-state index contributed by atoms with van der Waals surface area (Å²) in [6.07, 6.45) is 2.66. The van der Waals surface area contributed by atoms with Crippen LogP contribution in [0.15, 0.2) is 48.5 Å². The molecule has 0 radical (unpaired) electrons. The van der Waals surface area contributed by atoms with Gasteiger partial charge < -0.3 is 0 Å². The molecule has 164 valence electrons. The van der Waals surface area contributed by atoms with Crippen LogP contribution in [0.5, 0.6) is 0 Å². The predicted molar refractivity (Wildman–Crippen MR) is 113 cm³/mol. The molecule has 2 aliphatic carbocycles. The largest absolute Gasteiger partial charge is 0.292 e. The van der Waals surface area contributed by atoms with Crippen LogP contribution >= 0.6 is 11.6 Å². The van der Waals surface area contributed by atoms with Crippen molar-refractivity contribution in [3.8, 4) is 0 Å². The minimum Gasteiger partial charge on any atom is -0.292 e. The molecule has 8 heteroatoms. The molecule has 0 aromatic heterocycles. The fraction of sp³-hybridized carbons (Fsp3) is 0.333. The molecule has 4 atom stereocenters. The highest BCUT2D eigenvalue weighted by molar-refractivity contribution is 6.30. The molecule has 2 saturated carbocycles. The fourth-order valence-electron chi connectivity index (χ4n) is 5.47. The molecule has 1 aliphatic heterocycles. The molecular weight excluding hydrogens is 435 g/mol. The van der Waals surface area contributed by atoms with Gasteiger partial charge in [0.05, 0.1) is 11.8 Å². The fourth-order valence-corrected chi connectivity index (χ4v) is 5.59. The molecule has 1 heterocycles. The number of amides is 3. The van der Waals surface area contributed by atoms with Crippen molar-refractivity contribution >= 4 is 35.1 Å². The molecule has 6 nitrogen and oxygen atoms in total. The number of carbonyl (C=O) groups is 4. The van der Waals surface area contributed by atoms with Crippen LogP contribution in [-0.2, 0) is 9.59 Å². The third-order valence-corrected chi connectivity index (χ3v) is 7.18. The maximum absolute atomic E-state index is 13.4. The van der Waals surface area contributed by atoms with Gasteiger partial charge in [0.1, 0.15) is 12.4 Å². The number of Topliss-reactive ketones (excluding diaryl/α,β-unsaturated/α-hetero) is 1. The number of hydrogen-bond acceptors (Lipinski definition) is 4. The van der Waals surface area contributed by atoms with Crippen molar-refractivity contribution in [3.63, 3.8) is 0 Å². The minimum atomic E-state index is -0.647. The lowest BCUT2D eigenvalue weighted by molar-refractivity contribution is -0.154. The van der Waals surface area contributed by atoms with Crippen molar-refractivity contribution in [3.05, 3.63) is 70.5 Å². The lowest BCUT2D eigenvalue weighted by Gasteiger charge is -2.30. The Hall–Kier alpha value is -3.06. The van der Waals surface area contributed by atoms with Crippen LogP contribution in [0.3, 0.4) is 0 Å². The Balaban J connectivity index is 1.49. The predicted octanol–water partition coefficient (Wildman–Crippen LogP) is 3.75. The van der Waals surface area contributed by atoms with Crippen molar-refractivity contribution in [1.29, 1.82) is 0 Å². The zero-order valence-corrected chi connectivity index (χ0v) is 17.8. The Bertz CT molecular complexity index is 1090. The summed E-state index contributed by atoms with van der Waals surface area (Å²) in [7, 11) is 0. The van der Waals surface area contributed by atoms with E-state index in [2.05, 4.69) is 0 Å².